The highest BCUT2D eigenvalue weighted by molar-refractivity contribution is 8.18. The molecule has 1 unspecified atom stereocenters. The average Bonchev–Trinajstić information content (AvgIpc) is 3.22. The van der Waals surface area contributed by atoms with E-state index in [2.05, 4.69) is 15.6 Å². The monoisotopic (exact) mass is 518 g/mol. The summed E-state index contributed by atoms with van der Waals surface area (Å²) in [6.45, 7) is 2.53. The highest BCUT2D eigenvalue weighted by Crippen LogP contribution is 2.41. The molecule has 0 radical (unpaired) electrons. The molecule has 0 saturated carbocycles. The number of thioether (sulfide) groups is 1. The number of morpholine rings is 1. The molecule has 1 amide bonds. The molecule has 2 aromatic rings. The number of rotatable bonds is 6. The van der Waals surface area contributed by atoms with Gasteiger partial charge in [0.2, 0.25) is 0 Å². The molecule has 0 spiro atoms. The van der Waals surface area contributed by atoms with Crippen molar-refractivity contribution in [3.63, 3.8) is 0 Å². The van der Waals surface area contributed by atoms with Gasteiger partial charge in [0.05, 0.1) is 48.5 Å². The van der Waals surface area contributed by atoms with Gasteiger partial charge in [-0.15, -0.1) is 0 Å². The van der Waals surface area contributed by atoms with Gasteiger partial charge in [0.15, 0.2) is 16.7 Å². The number of aliphatic imine (C=N–C) groups is 1. The number of methoxy groups -OCH3 is 1. The zero-order valence-electron chi connectivity index (χ0n) is 19.0. The van der Waals surface area contributed by atoms with Crippen molar-refractivity contribution in [2.45, 2.75) is 12.3 Å². The quantitative estimate of drug-likeness (QED) is 0.559. The molecule has 12 heteroatoms. The van der Waals surface area contributed by atoms with E-state index in [1.807, 2.05) is 0 Å². The molecule has 2 N–H and O–H groups in total. The van der Waals surface area contributed by atoms with Gasteiger partial charge >= 0.3 is 6.18 Å². The zero-order valence-corrected chi connectivity index (χ0v) is 19.8. The number of carbonyl (C=O) groups excluding carboxylic acids is 1. The third-order valence-electron chi connectivity index (χ3n) is 5.21. The van der Waals surface area contributed by atoms with Crippen LogP contribution in [0.25, 0.3) is 6.08 Å². The third-order valence-corrected chi connectivity index (χ3v) is 6.16. The second-order valence-electron chi connectivity index (χ2n) is 7.74. The molecule has 188 valence electrons. The number of benzene rings is 2. The predicted octanol–water partition coefficient (Wildman–Crippen LogP) is 3.93. The Hall–Kier alpha value is -3.53. The lowest BCUT2D eigenvalue weighted by molar-refractivity contribution is -0.138. The number of hydrogen-bond acceptors (Lipinski definition) is 8. The van der Waals surface area contributed by atoms with E-state index < -0.39 is 17.5 Å². The fourth-order valence-electron chi connectivity index (χ4n) is 3.46. The van der Waals surface area contributed by atoms with Gasteiger partial charge in [-0.05, 0) is 53.7 Å². The highest BCUT2D eigenvalue weighted by atomic mass is 32.2. The number of nitrogens with zero attached hydrogens (tertiary/aromatic N) is 2. The maximum absolute atomic E-state index is 13.5. The molecule has 0 bridgehead atoms. The zero-order chi connectivity index (χ0) is 25.7. The van der Waals surface area contributed by atoms with Crippen molar-refractivity contribution < 1.29 is 32.2 Å². The molecule has 0 aromatic heterocycles. The number of amidine groups is 1. The van der Waals surface area contributed by atoms with Crippen molar-refractivity contribution in [1.82, 2.24) is 10.6 Å². The van der Waals surface area contributed by atoms with Crippen LogP contribution in [0, 0.1) is 11.3 Å². The number of nitriles is 1. The molecule has 2 aliphatic rings. The minimum absolute atomic E-state index is 0.0433. The van der Waals surface area contributed by atoms with Crippen LogP contribution < -0.4 is 20.1 Å². The van der Waals surface area contributed by atoms with Crippen LogP contribution in [0.1, 0.15) is 16.7 Å². The van der Waals surface area contributed by atoms with Gasteiger partial charge in [0.25, 0.3) is 5.91 Å². The number of ether oxygens (including phenoxy) is 3. The second kappa shape index (κ2) is 11.0. The molecule has 2 fully saturated rings. The minimum atomic E-state index is -4.72. The van der Waals surface area contributed by atoms with Crippen molar-refractivity contribution >= 4 is 28.9 Å². The minimum Gasteiger partial charge on any atom is -0.493 e. The van der Waals surface area contributed by atoms with Crippen molar-refractivity contribution in [2.24, 2.45) is 4.99 Å². The van der Waals surface area contributed by atoms with E-state index in [1.54, 1.807) is 24.3 Å². The Kier molecular flexibility index (Phi) is 7.83. The first-order valence-electron chi connectivity index (χ1n) is 10.8. The fourth-order valence-corrected chi connectivity index (χ4v) is 4.29. The first-order chi connectivity index (χ1) is 17.3. The molecule has 2 aromatic carbocycles. The maximum atomic E-state index is 13.5. The lowest BCUT2D eigenvalue weighted by Gasteiger charge is -2.21. The summed E-state index contributed by atoms with van der Waals surface area (Å²) >= 11 is 1.18. The summed E-state index contributed by atoms with van der Waals surface area (Å²) in [4.78, 5) is 17.2. The van der Waals surface area contributed by atoms with E-state index in [0.29, 0.717) is 35.3 Å². The lowest BCUT2D eigenvalue weighted by atomic mass is 10.1. The molecule has 4 rings (SSSR count). The summed E-state index contributed by atoms with van der Waals surface area (Å²) in [7, 11) is 1.35. The van der Waals surface area contributed by atoms with Gasteiger partial charge in [-0.3, -0.25) is 9.79 Å². The number of alkyl halides is 3. The van der Waals surface area contributed by atoms with Crippen LogP contribution in [0.4, 0.5) is 13.2 Å². The van der Waals surface area contributed by atoms with Crippen LogP contribution in [0.3, 0.4) is 0 Å². The smallest absolute Gasteiger partial charge is 0.420 e. The van der Waals surface area contributed by atoms with Crippen LogP contribution in [0.5, 0.6) is 17.2 Å². The van der Waals surface area contributed by atoms with Crippen LogP contribution in [0.15, 0.2) is 46.3 Å². The van der Waals surface area contributed by atoms with Crippen LogP contribution in [-0.4, -0.2) is 50.5 Å². The highest BCUT2D eigenvalue weighted by Gasteiger charge is 2.35. The molecule has 2 saturated heterocycles. The molecule has 8 nitrogen and oxygen atoms in total. The Balaban J connectivity index is 1.51. The van der Waals surface area contributed by atoms with Crippen molar-refractivity contribution in [1.29, 1.82) is 5.26 Å². The molecular weight excluding hydrogens is 497 g/mol. The van der Waals surface area contributed by atoms with Gasteiger partial charge in [-0.1, -0.05) is 6.07 Å². The third kappa shape index (κ3) is 6.17. The summed E-state index contributed by atoms with van der Waals surface area (Å²) in [6, 6.07) is 9.33. The maximum Gasteiger partial charge on any atom is 0.420 e. The number of hydrogen-bond donors (Lipinski definition) is 2. The SMILES string of the molecule is COc1cc(C=C2SC(=NCC3CNCCO3)NC2=O)ccc1Oc1ccc(C#N)cc1C(F)(F)F. The van der Waals surface area contributed by atoms with Crippen LogP contribution in [0.2, 0.25) is 0 Å². The summed E-state index contributed by atoms with van der Waals surface area (Å²) in [6.07, 6.45) is -3.15. The number of nitrogens with one attached hydrogen (secondary N) is 2. The van der Waals surface area contributed by atoms with Gasteiger partial charge in [-0.25, -0.2) is 0 Å². The average molecular weight is 519 g/mol. The molecular formula is C24H21F3N4O4S. The standard InChI is InChI=1S/C24H21F3N4O4S/c1-33-20-9-14(10-21-22(32)31-23(36-21)30-13-16-12-29-6-7-34-16)2-5-19(20)35-18-4-3-15(11-28)8-17(18)24(25,26)27/h2-5,8-10,16,29H,6-7,12-13H2,1H3,(H,30,31,32). The number of halogens is 3. The Bertz CT molecular complexity index is 1250. The summed E-state index contributed by atoms with van der Waals surface area (Å²) < 4.78 is 56.9. The summed E-state index contributed by atoms with van der Waals surface area (Å²) in [5.74, 6) is -0.564. The Morgan fingerprint density at radius 1 is 1.25 bits per heavy atom. The van der Waals surface area contributed by atoms with E-state index in [1.165, 1.54) is 31.0 Å². The van der Waals surface area contributed by atoms with E-state index in [-0.39, 0.29) is 29.1 Å². The predicted molar refractivity (Wildman–Crippen MR) is 128 cm³/mol. The first kappa shape index (κ1) is 25.6. The largest absolute Gasteiger partial charge is 0.493 e. The van der Waals surface area contributed by atoms with Crippen molar-refractivity contribution in [3.8, 4) is 23.3 Å². The summed E-state index contributed by atoms with van der Waals surface area (Å²) in [5, 5.41) is 15.3. The second-order valence-corrected chi connectivity index (χ2v) is 8.77. The number of amides is 1. The van der Waals surface area contributed by atoms with Gasteiger partial charge in [0.1, 0.15) is 5.75 Å². The van der Waals surface area contributed by atoms with E-state index in [9.17, 15) is 18.0 Å². The van der Waals surface area contributed by atoms with E-state index in [0.717, 1.165) is 18.7 Å². The van der Waals surface area contributed by atoms with Gasteiger partial charge in [-0.2, -0.15) is 18.4 Å². The van der Waals surface area contributed by atoms with E-state index >= 15 is 0 Å². The normalized spacial score (nSPS) is 20.3. The molecule has 36 heavy (non-hydrogen) atoms. The Labute approximate surface area is 209 Å². The Morgan fingerprint density at radius 2 is 2.06 bits per heavy atom. The van der Waals surface area contributed by atoms with Gasteiger partial charge in [0, 0.05) is 13.1 Å². The van der Waals surface area contributed by atoms with Crippen LogP contribution >= 0.6 is 11.8 Å². The van der Waals surface area contributed by atoms with Crippen molar-refractivity contribution in [2.75, 3.05) is 33.4 Å². The van der Waals surface area contributed by atoms with Crippen molar-refractivity contribution in [3.05, 3.63) is 58.0 Å². The van der Waals surface area contributed by atoms with Gasteiger partial charge < -0.3 is 24.8 Å². The van der Waals surface area contributed by atoms with Crippen LogP contribution in [-0.2, 0) is 15.7 Å². The lowest BCUT2D eigenvalue weighted by Crippen LogP contribution is -2.40. The fraction of sp³-hybridized carbons (Fsp3) is 0.292. The Morgan fingerprint density at radius 3 is 2.75 bits per heavy atom. The molecule has 0 aliphatic carbocycles. The molecule has 2 heterocycles. The first-order valence-corrected chi connectivity index (χ1v) is 11.6. The topological polar surface area (TPSA) is 105 Å². The summed E-state index contributed by atoms with van der Waals surface area (Å²) in [5.41, 5.74) is -0.634. The molecule has 1 atom stereocenters. The molecule has 2 aliphatic heterocycles. The van der Waals surface area contributed by atoms with E-state index in [4.69, 9.17) is 19.5 Å². The number of carbonyl (C=O) groups is 1.